The summed E-state index contributed by atoms with van der Waals surface area (Å²) >= 11 is 6.21. The van der Waals surface area contributed by atoms with Gasteiger partial charge in [0.05, 0.1) is 5.52 Å². The second kappa shape index (κ2) is 5.38. The molecule has 21 heavy (non-hydrogen) atoms. The minimum absolute atomic E-state index is 0.790. The van der Waals surface area contributed by atoms with Gasteiger partial charge in [0.15, 0.2) is 0 Å². The van der Waals surface area contributed by atoms with Crippen LogP contribution in [0, 0.1) is 20.8 Å². The monoisotopic (exact) mass is 297 g/mol. The Labute approximate surface area is 129 Å². The van der Waals surface area contributed by atoms with Crippen molar-refractivity contribution >= 4 is 22.5 Å². The van der Waals surface area contributed by atoms with Gasteiger partial charge in [0.1, 0.15) is 11.5 Å². The van der Waals surface area contributed by atoms with Crippen molar-refractivity contribution in [1.82, 2.24) is 4.98 Å². The molecule has 0 bridgehead atoms. The Balaban J connectivity index is 2.10. The number of hydrogen-bond acceptors (Lipinski definition) is 2. The Hall–Kier alpha value is -2.06. The zero-order valence-electron chi connectivity index (χ0n) is 12.3. The van der Waals surface area contributed by atoms with E-state index in [0.717, 1.165) is 44.2 Å². The van der Waals surface area contributed by atoms with E-state index in [4.69, 9.17) is 16.3 Å². The Morgan fingerprint density at radius 1 is 0.952 bits per heavy atom. The van der Waals surface area contributed by atoms with Gasteiger partial charge in [-0.25, -0.2) is 0 Å². The summed E-state index contributed by atoms with van der Waals surface area (Å²) in [5.41, 5.74) is 3.91. The molecular formula is C18H16ClNO. The van der Waals surface area contributed by atoms with Crippen LogP contribution in [-0.4, -0.2) is 4.98 Å². The van der Waals surface area contributed by atoms with Crippen LogP contribution in [0.5, 0.6) is 11.5 Å². The Bertz CT molecular complexity index is 804. The van der Waals surface area contributed by atoms with Crippen LogP contribution in [0.25, 0.3) is 10.9 Å². The van der Waals surface area contributed by atoms with Crippen LogP contribution in [0.15, 0.2) is 42.5 Å². The normalized spacial score (nSPS) is 10.9. The van der Waals surface area contributed by atoms with Gasteiger partial charge in [-0.3, -0.25) is 4.98 Å². The summed E-state index contributed by atoms with van der Waals surface area (Å²) < 4.78 is 6.09. The number of hydrogen-bond donors (Lipinski definition) is 0. The molecule has 3 rings (SSSR count). The number of aryl methyl sites for hydroxylation is 3. The summed E-state index contributed by atoms with van der Waals surface area (Å²) in [6.45, 7) is 5.94. The molecule has 0 aliphatic heterocycles. The lowest BCUT2D eigenvalue weighted by atomic mass is 10.1. The number of halogens is 1. The third kappa shape index (κ3) is 2.72. The van der Waals surface area contributed by atoms with Gasteiger partial charge in [-0.05, 0) is 56.2 Å². The van der Waals surface area contributed by atoms with Gasteiger partial charge in [-0.2, -0.15) is 0 Å². The lowest BCUT2D eigenvalue weighted by Crippen LogP contribution is -1.92. The van der Waals surface area contributed by atoms with E-state index in [-0.39, 0.29) is 0 Å². The number of nitrogens with zero attached hydrogens (tertiary/aromatic N) is 1. The molecule has 0 radical (unpaired) electrons. The first-order chi connectivity index (χ1) is 10.0. The highest BCUT2D eigenvalue weighted by Gasteiger charge is 2.08. The maximum Gasteiger partial charge on any atom is 0.138 e. The van der Waals surface area contributed by atoms with E-state index >= 15 is 0 Å². The van der Waals surface area contributed by atoms with Crippen molar-refractivity contribution in [3.8, 4) is 11.5 Å². The summed E-state index contributed by atoms with van der Waals surface area (Å²) in [6, 6.07) is 13.9. The topological polar surface area (TPSA) is 22.1 Å². The number of fused-ring (bicyclic) bond motifs is 1. The van der Waals surface area contributed by atoms with Crippen LogP contribution in [0.4, 0.5) is 0 Å². The summed E-state index contributed by atoms with van der Waals surface area (Å²) in [5, 5.41) is 1.80. The van der Waals surface area contributed by atoms with Crippen LogP contribution in [-0.2, 0) is 0 Å². The van der Waals surface area contributed by atoms with Gasteiger partial charge >= 0.3 is 0 Å². The molecule has 0 atom stereocenters. The molecular weight excluding hydrogens is 282 g/mol. The molecule has 0 saturated heterocycles. The Morgan fingerprint density at radius 3 is 2.33 bits per heavy atom. The number of pyridine rings is 1. The molecule has 1 heterocycles. The predicted octanol–water partition coefficient (Wildman–Crippen LogP) is 5.61. The SMILES string of the molecule is Cc1cc(Oc2cc(C)c(Cl)c(C)c2)c2ccccc2n1. The van der Waals surface area contributed by atoms with Gasteiger partial charge in [0.2, 0.25) is 0 Å². The molecule has 2 nitrogen and oxygen atoms in total. The van der Waals surface area contributed by atoms with Crippen LogP contribution in [0.1, 0.15) is 16.8 Å². The maximum absolute atomic E-state index is 6.21. The lowest BCUT2D eigenvalue weighted by molar-refractivity contribution is 0.486. The van der Waals surface area contributed by atoms with Crippen molar-refractivity contribution < 1.29 is 4.74 Å². The number of rotatable bonds is 2. The van der Waals surface area contributed by atoms with E-state index in [1.165, 1.54) is 0 Å². The van der Waals surface area contributed by atoms with E-state index in [2.05, 4.69) is 4.98 Å². The van der Waals surface area contributed by atoms with Gasteiger partial charge < -0.3 is 4.74 Å². The first-order valence-electron chi connectivity index (χ1n) is 6.85. The van der Waals surface area contributed by atoms with Crippen molar-refractivity contribution in [2.24, 2.45) is 0 Å². The predicted molar refractivity (Wildman–Crippen MR) is 87.5 cm³/mol. The fourth-order valence-corrected chi connectivity index (χ4v) is 2.55. The minimum atomic E-state index is 0.790. The molecule has 1 aromatic heterocycles. The van der Waals surface area contributed by atoms with Crippen molar-refractivity contribution in [3.05, 3.63) is 64.3 Å². The van der Waals surface area contributed by atoms with Crippen molar-refractivity contribution in [1.29, 1.82) is 0 Å². The largest absolute Gasteiger partial charge is 0.457 e. The molecule has 0 amide bonds. The molecule has 0 fully saturated rings. The molecule has 2 aromatic carbocycles. The molecule has 0 aliphatic carbocycles. The minimum Gasteiger partial charge on any atom is -0.457 e. The zero-order valence-corrected chi connectivity index (χ0v) is 13.0. The first-order valence-corrected chi connectivity index (χ1v) is 7.23. The fraction of sp³-hybridized carbons (Fsp3) is 0.167. The molecule has 106 valence electrons. The molecule has 3 heteroatoms. The summed E-state index contributed by atoms with van der Waals surface area (Å²) in [6.07, 6.45) is 0. The van der Waals surface area contributed by atoms with Gasteiger partial charge in [-0.15, -0.1) is 0 Å². The van der Waals surface area contributed by atoms with E-state index in [1.807, 2.05) is 63.2 Å². The highest BCUT2D eigenvalue weighted by Crippen LogP contribution is 2.33. The highest BCUT2D eigenvalue weighted by atomic mass is 35.5. The van der Waals surface area contributed by atoms with E-state index in [1.54, 1.807) is 0 Å². The number of ether oxygens (including phenoxy) is 1. The van der Waals surface area contributed by atoms with E-state index in [0.29, 0.717) is 0 Å². The van der Waals surface area contributed by atoms with E-state index in [9.17, 15) is 0 Å². The Kier molecular flexibility index (Phi) is 3.56. The molecule has 0 spiro atoms. The number of aromatic nitrogens is 1. The van der Waals surface area contributed by atoms with Crippen molar-refractivity contribution in [3.63, 3.8) is 0 Å². The molecule has 0 N–H and O–H groups in total. The van der Waals surface area contributed by atoms with Crippen molar-refractivity contribution in [2.75, 3.05) is 0 Å². The summed E-state index contributed by atoms with van der Waals surface area (Å²) in [5.74, 6) is 1.62. The van der Waals surface area contributed by atoms with Crippen molar-refractivity contribution in [2.45, 2.75) is 20.8 Å². The second-order valence-corrected chi connectivity index (χ2v) is 5.63. The Morgan fingerprint density at radius 2 is 1.62 bits per heavy atom. The van der Waals surface area contributed by atoms with Gasteiger partial charge in [0.25, 0.3) is 0 Å². The summed E-state index contributed by atoms with van der Waals surface area (Å²) in [4.78, 5) is 4.53. The number of para-hydroxylation sites is 1. The molecule has 0 unspecified atom stereocenters. The summed E-state index contributed by atoms with van der Waals surface area (Å²) in [7, 11) is 0. The quantitative estimate of drug-likeness (QED) is 0.613. The third-order valence-electron chi connectivity index (χ3n) is 3.44. The molecule has 0 aliphatic rings. The fourth-order valence-electron chi connectivity index (χ4n) is 2.45. The van der Waals surface area contributed by atoms with Crippen LogP contribution in [0.2, 0.25) is 5.02 Å². The zero-order chi connectivity index (χ0) is 15.0. The number of benzene rings is 2. The highest BCUT2D eigenvalue weighted by molar-refractivity contribution is 6.32. The average molecular weight is 298 g/mol. The smallest absolute Gasteiger partial charge is 0.138 e. The van der Waals surface area contributed by atoms with Gasteiger partial charge in [0, 0.05) is 22.2 Å². The molecule has 3 aromatic rings. The second-order valence-electron chi connectivity index (χ2n) is 5.25. The molecule has 0 saturated carbocycles. The van der Waals surface area contributed by atoms with Gasteiger partial charge in [-0.1, -0.05) is 23.7 Å². The third-order valence-corrected chi connectivity index (χ3v) is 4.04. The average Bonchev–Trinajstić information content (AvgIpc) is 2.44. The van der Waals surface area contributed by atoms with Crippen LogP contribution in [0.3, 0.4) is 0 Å². The maximum atomic E-state index is 6.21. The lowest BCUT2D eigenvalue weighted by Gasteiger charge is -2.12. The standard InChI is InChI=1S/C18H16ClNO/c1-11-8-14(9-12(2)18(11)19)21-17-10-13(3)20-16-7-5-4-6-15(16)17/h4-10H,1-3H3. The van der Waals surface area contributed by atoms with E-state index < -0.39 is 0 Å². The van der Waals surface area contributed by atoms with Crippen LogP contribution < -0.4 is 4.74 Å². The van der Waals surface area contributed by atoms with Crippen LogP contribution >= 0.6 is 11.6 Å². The first kappa shape index (κ1) is 13.9.